The van der Waals surface area contributed by atoms with Gasteiger partial charge < -0.3 is 19.3 Å². The van der Waals surface area contributed by atoms with Crippen molar-refractivity contribution in [3.8, 4) is 0 Å². The first-order valence-corrected chi connectivity index (χ1v) is 9.48. The van der Waals surface area contributed by atoms with E-state index in [1.54, 1.807) is 15.9 Å². The summed E-state index contributed by atoms with van der Waals surface area (Å²) in [5, 5.41) is 8.93. The largest absolute Gasteiger partial charge is 0.481 e. The lowest BCUT2D eigenvalue weighted by molar-refractivity contribution is -0.138. The normalized spacial score (nSPS) is 17.1. The van der Waals surface area contributed by atoms with Crippen LogP contribution >= 0.6 is 0 Å². The van der Waals surface area contributed by atoms with E-state index >= 15 is 0 Å². The van der Waals surface area contributed by atoms with Gasteiger partial charge in [-0.25, -0.2) is 0 Å². The highest BCUT2D eigenvalue weighted by Gasteiger charge is 2.31. The maximum atomic E-state index is 12.9. The average Bonchev–Trinajstić information content (AvgIpc) is 3.26. The molecular formula is C21H22N2O5. The maximum absolute atomic E-state index is 12.9. The Kier molecular flexibility index (Phi) is 4.90. The Bertz CT molecular complexity index is 911. The van der Waals surface area contributed by atoms with Crippen LogP contribution in [0.25, 0.3) is 0 Å². The monoisotopic (exact) mass is 382 g/mol. The number of anilines is 1. The summed E-state index contributed by atoms with van der Waals surface area (Å²) in [6, 6.07) is 9.40. The van der Waals surface area contributed by atoms with Crippen LogP contribution in [-0.2, 0) is 22.6 Å². The van der Waals surface area contributed by atoms with E-state index in [2.05, 4.69) is 0 Å². The molecule has 0 radical (unpaired) electrons. The number of carboxylic acids is 1. The van der Waals surface area contributed by atoms with Gasteiger partial charge in [-0.15, -0.1) is 0 Å². The number of para-hydroxylation sites is 1. The van der Waals surface area contributed by atoms with Crippen LogP contribution in [0.2, 0.25) is 0 Å². The molecule has 2 aliphatic heterocycles. The third-order valence-electron chi connectivity index (χ3n) is 5.56. The molecule has 2 aliphatic rings. The molecule has 3 heterocycles. The first-order chi connectivity index (χ1) is 13.5. The zero-order valence-electron chi connectivity index (χ0n) is 15.5. The minimum absolute atomic E-state index is 0.00952. The average molecular weight is 382 g/mol. The van der Waals surface area contributed by atoms with Crippen LogP contribution < -0.4 is 4.90 Å². The summed E-state index contributed by atoms with van der Waals surface area (Å²) < 4.78 is 5.48. The number of hydrogen-bond donors (Lipinski definition) is 1. The van der Waals surface area contributed by atoms with Crippen molar-refractivity contribution >= 4 is 23.5 Å². The maximum Gasteiger partial charge on any atom is 0.303 e. The van der Waals surface area contributed by atoms with E-state index in [4.69, 9.17) is 9.52 Å². The van der Waals surface area contributed by atoms with Crippen LogP contribution in [0.1, 0.15) is 40.9 Å². The number of carbonyl (C=O) groups is 3. The lowest BCUT2D eigenvalue weighted by Gasteiger charge is -2.31. The number of aliphatic carboxylic acids is 1. The number of likely N-dealkylation sites (tertiary alicyclic amines) is 1. The molecule has 7 heteroatoms. The van der Waals surface area contributed by atoms with Crippen molar-refractivity contribution in [2.24, 2.45) is 5.92 Å². The highest BCUT2D eigenvalue weighted by molar-refractivity contribution is 6.01. The second-order valence-corrected chi connectivity index (χ2v) is 7.39. The third-order valence-corrected chi connectivity index (χ3v) is 5.56. The first-order valence-electron chi connectivity index (χ1n) is 9.48. The molecule has 1 aromatic carbocycles. The van der Waals surface area contributed by atoms with E-state index in [0.717, 1.165) is 11.3 Å². The van der Waals surface area contributed by atoms with Crippen molar-refractivity contribution in [1.29, 1.82) is 0 Å². The van der Waals surface area contributed by atoms with Crippen molar-refractivity contribution < 1.29 is 23.9 Å². The molecule has 1 saturated heterocycles. The van der Waals surface area contributed by atoms with Gasteiger partial charge in [-0.1, -0.05) is 18.2 Å². The number of rotatable bonds is 5. The molecule has 1 N–H and O–H groups in total. The molecule has 0 bridgehead atoms. The van der Waals surface area contributed by atoms with Crippen molar-refractivity contribution in [3.63, 3.8) is 0 Å². The number of benzene rings is 1. The molecular weight excluding hydrogens is 360 g/mol. The molecule has 1 fully saturated rings. The first kappa shape index (κ1) is 18.3. The molecule has 0 aliphatic carbocycles. The molecule has 0 atom stereocenters. The van der Waals surface area contributed by atoms with Crippen molar-refractivity contribution in [2.45, 2.75) is 32.2 Å². The predicted molar refractivity (Wildman–Crippen MR) is 101 cm³/mol. The Balaban J connectivity index is 1.46. The summed E-state index contributed by atoms with van der Waals surface area (Å²) in [6.45, 7) is 1.33. The molecule has 1 aromatic heterocycles. The zero-order chi connectivity index (χ0) is 19.7. The molecule has 4 rings (SSSR count). The molecule has 0 saturated carbocycles. The second-order valence-electron chi connectivity index (χ2n) is 7.39. The minimum atomic E-state index is -0.798. The number of carboxylic acid groups (broad SMARTS) is 1. The van der Waals surface area contributed by atoms with E-state index in [1.807, 2.05) is 24.3 Å². The van der Waals surface area contributed by atoms with Crippen molar-refractivity contribution in [1.82, 2.24) is 4.90 Å². The van der Waals surface area contributed by atoms with Crippen LogP contribution in [0, 0.1) is 5.92 Å². The molecule has 7 nitrogen and oxygen atoms in total. The number of fused-ring (bicyclic) bond motifs is 1. The zero-order valence-corrected chi connectivity index (χ0v) is 15.5. The lowest BCUT2D eigenvalue weighted by Crippen LogP contribution is -2.39. The summed E-state index contributed by atoms with van der Waals surface area (Å²) in [4.78, 5) is 39.6. The van der Waals surface area contributed by atoms with Gasteiger partial charge in [0.15, 0.2) is 5.76 Å². The molecule has 2 amide bonds. The standard InChI is InChI=1S/C21H22N2O5/c24-18-12-15-3-1-2-4-17(15)23(18)13-16-7-10-28-20(16)21(27)22-8-5-14(6-9-22)11-19(25)26/h1-4,7,10,14H,5-6,8-9,11-13H2,(H,25,26). The Labute approximate surface area is 162 Å². The second kappa shape index (κ2) is 7.50. The van der Waals surface area contributed by atoms with Crippen LogP contribution in [-0.4, -0.2) is 40.9 Å². The van der Waals surface area contributed by atoms with Gasteiger partial charge in [0.05, 0.1) is 19.2 Å². The Morgan fingerprint density at radius 1 is 1.14 bits per heavy atom. The summed E-state index contributed by atoms with van der Waals surface area (Å²) in [5.41, 5.74) is 2.55. The summed E-state index contributed by atoms with van der Waals surface area (Å²) in [5.74, 6) is -0.622. The van der Waals surface area contributed by atoms with E-state index in [9.17, 15) is 14.4 Å². The fourth-order valence-corrected chi connectivity index (χ4v) is 4.04. The Morgan fingerprint density at radius 3 is 2.64 bits per heavy atom. The van der Waals surface area contributed by atoms with E-state index in [0.29, 0.717) is 44.5 Å². The molecule has 28 heavy (non-hydrogen) atoms. The summed E-state index contributed by atoms with van der Waals surface area (Å²) in [7, 11) is 0. The van der Waals surface area contributed by atoms with Gasteiger partial charge in [0.2, 0.25) is 5.91 Å². The van der Waals surface area contributed by atoms with Crippen LogP contribution in [0.4, 0.5) is 5.69 Å². The number of furan rings is 1. The molecule has 0 spiro atoms. The Hall–Kier alpha value is -3.09. The predicted octanol–water partition coefficient (Wildman–Crippen LogP) is 2.70. The minimum Gasteiger partial charge on any atom is -0.481 e. The molecule has 0 unspecified atom stereocenters. The van der Waals surface area contributed by atoms with Gasteiger partial charge in [0, 0.05) is 30.8 Å². The highest BCUT2D eigenvalue weighted by atomic mass is 16.4. The van der Waals surface area contributed by atoms with Crippen LogP contribution in [0.15, 0.2) is 41.0 Å². The summed E-state index contributed by atoms with van der Waals surface area (Å²) >= 11 is 0. The molecule has 2 aromatic rings. The van der Waals surface area contributed by atoms with Crippen molar-refractivity contribution in [3.05, 3.63) is 53.5 Å². The van der Waals surface area contributed by atoms with Gasteiger partial charge >= 0.3 is 5.97 Å². The van der Waals surface area contributed by atoms with Crippen LogP contribution in [0.3, 0.4) is 0 Å². The summed E-state index contributed by atoms with van der Waals surface area (Å²) in [6.07, 6.45) is 3.34. The molecule has 146 valence electrons. The SMILES string of the molecule is O=C(O)CC1CCN(C(=O)c2occc2CN2C(=O)Cc3ccccc32)CC1. The number of piperidine rings is 1. The van der Waals surface area contributed by atoms with E-state index in [1.165, 1.54) is 6.26 Å². The fourth-order valence-electron chi connectivity index (χ4n) is 4.04. The quantitative estimate of drug-likeness (QED) is 0.859. The van der Waals surface area contributed by atoms with Gasteiger partial charge in [-0.2, -0.15) is 0 Å². The Morgan fingerprint density at radius 2 is 1.89 bits per heavy atom. The van der Waals surface area contributed by atoms with E-state index < -0.39 is 5.97 Å². The van der Waals surface area contributed by atoms with Crippen molar-refractivity contribution in [2.75, 3.05) is 18.0 Å². The van der Waals surface area contributed by atoms with Gasteiger partial charge in [0.25, 0.3) is 5.91 Å². The lowest BCUT2D eigenvalue weighted by atomic mass is 9.93. The van der Waals surface area contributed by atoms with Crippen LogP contribution in [0.5, 0.6) is 0 Å². The third kappa shape index (κ3) is 3.52. The van der Waals surface area contributed by atoms with Gasteiger partial charge in [-0.05, 0) is 36.5 Å². The number of amides is 2. The van der Waals surface area contributed by atoms with Gasteiger partial charge in [-0.3, -0.25) is 14.4 Å². The number of hydrogen-bond acceptors (Lipinski definition) is 4. The smallest absolute Gasteiger partial charge is 0.303 e. The van der Waals surface area contributed by atoms with Gasteiger partial charge in [0.1, 0.15) is 0 Å². The van der Waals surface area contributed by atoms with E-state index in [-0.39, 0.29) is 29.9 Å². The topological polar surface area (TPSA) is 91.1 Å². The highest BCUT2D eigenvalue weighted by Crippen LogP contribution is 2.31. The number of carbonyl (C=O) groups excluding carboxylic acids is 2. The number of nitrogens with zero attached hydrogens (tertiary/aromatic N) is 2. The fraction of sp³-hybridized carbons (Fsp3) is 0.381.